The largest absolute Gasteiger partial charge is 0.354 e. The molecule has 0 atom stereocenters. The van der Waals surface area contributed by atoms with Gasteiger partial charge >= 0.3 is 0 Å². The highest BCUT2D eigenvalue weighted by Crippen LogP contribution is 2.19. The Balaban J connectivity index is 2.11. The number of hydrogen-bond acceptors (Lipinski definition) is 3. The number of carbonyl (C=O) groups excluding carboxylic acids is 2. The molecule has 5 nitrogen and oxygen atoms in total. The number of amides is 1. The summed E-state index contributed by atoms with van der Waals surface area (Å²) in [7, 11) is 1.76. The van der Waals surface area contributed by atoms with Crippen molar-refractivity contribution in [3.8, 4) is 0 Å². The number of hydrogen-bond donors (Lipinski definition) is 1. The highest BCUT2D eigenvalue weighted by molar-refractivity contribution is 6.02. The third-order valence-electron chi connectivity index (χ3n) is 3.78. The van der Waals surface area contributed by atoms with Gasteiger partial charge in [-0.25, -0.2) is 0 Å². The van der Waals surface area contributed by atoms with Gasteiger partial charge in [0.15, 0.2) is 5.78 Å². The lowest BCUT2D eigenvalue weighted by molar-refractivity contribution is 0.0790. The number of aromatic nitrogens is 2. The summed E-state index contributed by atoms with van der Waals surface area (Å²) in [5.41, 5.74) is 3.52. The molecule has 2 aromatic heterocycles. The first-order chi connectivity index (χ1) is 10.4. The Morgan fingerprint density at radius 1 is 1.27 bits per heavy atom. The molecule has 116 valence electrons. The van der Waals surface area contributed by atoms with E-state index in [1.807, 2.05) is 25.1 Å². The second-order valence-electron chi connectivity index (χ2n) is 5.48. The molecule has 0 aliphatic rings. The predicted molar refractivity (Wildman–Crippen MR) is 85.2 cm³/mol. The molecule has 0 aliphatic heterocycles. The summed E-state index contributed by atoms with van der Waals surface area (Å²) in [6, 6.07) is 5.74. The maximum atomic E-state index is 12.5. The smallest absolute Gasteiger partial charge is 0.270 e. The van der Waals surface area contributed by atoms with Crippen LogP contribution >= 0.6 is 0 Å². The minimum atomic E-state index is -0.107. The second kappa shape index (κ2) is 6.56. The molecule has 0 radical (unpaired) electrons. The van der Waals surface area contributed by atoms with Crippen LogP contribution < -0.4 is 0 Å². The number of rotatable bonds is 5. The minimum absolute atomic E-state index is 0.0264. The summed E-state index contributed by atoms with van der Waals surface area (Å²) < 4.78 is 0. The maximum Gasteiger partial charge on any atom is 0.270 e. The number of H-pyrrole nitrogens is 1. The van der Waals surface area contributed by atoms with Gasteiger partial charge in [-0.2, -0.15) is 0 Å². The number of Topliss-reactive ketones (excluding diaryl/α,β-unsaturated/α-hetero) is 1. The molecule has 5 heteroatoms. The molecule has 0 spiro atoms. The zero-order chi connectivity index (χ0) is 16.3. The van der Waals surface area contributed by atoms with Crippen molar-refractivity contribution >= 4 is 11.7 Å². The van der Waals surface area contributed by atoms with Gasteiger partial charge in [0.05, 0.1) is 0 Å². The van der Waals surface area contributed by atoms with E-state index >= 15 is 0 Å². The molecule has 1 amide bonds. The molecule has 22 heavy (non-hydrogen) atoms. The van der Waals surface area contributed by atoms with E-state index in [-0.39, 0.29) is 11.7 Å². The first-order valence-corrected chi connectivity index (χ1v) is 7.27. The van der Waals surface area contributed by atoms with Crippen molar-refractivity contribution in [1.82, 2.24) is 14.9 Å². The molecule has 0 bridgehead atoms. The van der Waals surface area contributed by atoms with Gasteiger partial charge in [-0.3, -0.25) is 14.6 Å². The van der Waals surface area contributed by atoms with E-state index in [0.29, 0.717) is 24.2 Å². The van der Waals surface area contributed by atoms with Gasteiger partial charge < -0.3 is 9.88 Å². The van der Waals surface area contributed by atoms with Crippen molar-refractivity contribution in [2.75, 3.05) is 13.6 Å². The third-order valence-corrected chi connectivity index (χ3v) is 3.78. The molecular weight excluding hydrogens is 278 g/mol. The zero-order valence-corrected chi connectivity index (χ0v) is 13.4. The molecule has 0 saturated heterocycles. The van der Waals surface area contributed by atoms with Crippen molar-refractivity contribution in [1.29, 1.82) is 0 Å². The van der Waals surface area contributed by atoms with Gasteiger partial charge in [0.2, 0.25) is 0 Å². The minimum Gasteiger partial charge on any atom is -0.354 e. The fourth-order valence-electron chi connectivity index (χ4n) is 2.61. The number of aromatic amines is 1. The number of pyridine rings is 1. The molecule has 0 fully saturated rings. The first-order valence-electron chi connectivity index (χ1n) is 7.27. The molecule has 0 aliphatic carbocycles. The van der Waals surface area contributed by atoms with Crippen molar-refractivity contribution in [2.45, 2.75) is 27.2 Å². The summed E-state index contributed by atoms with van der Waals surface area (Å²) >= 11 is 0. The van der Waals surface area contributed by atoms with E-state index in [4.69, 9.17) is 0 Å². The lowest BCUT2D eigenvalue weighted by atomic mass is 10.1. The second-order valence-corrected chi connectivity index (χ2v) is 5.48. The van der Waals surface area contributed by atoms with Crippen LogP contribution in [0.3, 0.4) is 0 Å². The quantitative estimate of drug-likeness (QED) is 0.863. The van der Waals surface area contributed by atoms with Crippen LogP contribution in [0.25, 0.3) is 0 Å². The van der Waals surface area contributed by atoms with Crippen LogP contribution in [0.2, 0.25) is 0 Å². The number of nitrogens with zero attached hydrogens (tertiary/aromatic N) is 2. The summed E-state index contributed by atoms with van der Waals surface area (Å²) in [5.74, 6) is -0.134. The average molecular weight is 299 g/mol. The van der Waals surface area contributed by atoms with Gasteiger partial charge in [-0.1, -0.05) is 6.07 Å². The monoisotopic (exact) mass is 299 g/mol. The lowest BCUT2D eigenvalue weighted by Gasteiger charge is -2.16. The van der Waals surface area contributed by atoms with E-state index in [1.165, 1.54) is 6.92 Å². The topological polar surface area (TPSA) is 66.1 Å². The Bertz CT molecular complexity index is 689. The number of aryl methyl sites for hydroxylation is 1. The third kappa shape index (κ3) is 3.24. The highest BCUT2D eigenvalue weighted by Gasteiger charge is 2.22. The first kappa shape index (κ1) is 15.9. The van der Waals surface area contributed by atoms with E-state index in [2.05, 4.69) is 9.97 Å². The van der Waals surface area contributed by atoms with Crippen molar-refractivity contribution in [2.24, 2.45) is 0 Å². The fraction of sp³-hybridized carbons (Fsp3) is 0.353. The normalized spacial score (nSPS) is 10.5. The van der Waals surface area contributed by atoms with Gasteiger partial charge in [-0.05, 0) is 38.5 Å². The Hall–Kier alpha value is -2.43. The van der Waals surface area contributed by atoms with Crippen molar-refractivity contribution < 1.29 is 9.59 Å². The number of ketones is 1. The number of nitrogens with one attached hydrogen (secondary N) is 1. The summed E-state index contributed by atoms with van der Waals surface area (Å²) in [4.78, 5) is 33.1. The highest BCUT2D eigenvalue weighted by atomic mass is 16.2. The van der Waals surface area contributed by atoms with E-state index < -0.39 is 0 Å². The van der Waals surface area contributed by atoms with Crippen LogP contribution in [-0.2, 0) is 6.42 Å². The van der Waals surface area contributed by atoms with Crippen LogP contribution in [-0.4, -0.2) is 40.2 Å². The van der Waals surface area contributed by atoms with Gasteiger partial charge in [0.25, 0.3) is 5.91 Å². The van der Waals surface area contributed by atoms with E-state index in [0.717, 1.165) is 17.0 Å². The maximum absolute atomic E-state index is 12.5. The van der Waals surface area contributed by atoms with E-state index in [9.17, 15) is 9.59 Å². The predicted octanol–water partition coefficient (Wildman–Crippen LogP) is 2.54. The number of carbonyl (C=O) groups is 2. The van der Waals surface area contributed by atoms with E-state index in [1.54, 1.807) is 25.1 Å². The summed E-state index contributed by atoms with van der Waals surface area (Å²) in [6.45, 7) is 5.71. The molecular formula is C17H21N3O2. The van der Waals surface area contributed by atoms with Gasteiger partial charge in [0, 0.05) is 43.2 Å². The molecule has 2 heterocycles. The summed E-state index contributed by atoms with van der Waals surface area (Å²) in [6.07, 6.45) is 2.44. The SMILES string of the molecule is CC(=O)c1c(C)[nH]c(C(=O)N(C)CCc2ccccn2)c1C. The molecule has 2 rings (SSSR count). The van der Waals surface area contributed by atoms with Crippen molar-refractivity contribution in [3.05, 3.63) is 52.6 Å². The van der Waals surface area contributed by atoms with Crippen LogP contribution in [0, 0.1) is 13.8 Å². The van der Waals surface area contributed by atoms with Crippen LogP contribution in [0.5, 0.6) is 0 Å². The molecule has 2 aromatic rings. The Kier molecular flexibility index (Phi) is 4.75. The van der Waals surface area contributed by atoms with Gasteiger partial charge in [0.1, 0.15) is 5.69 Å². The van der Waals surface area contributed by atoms with Crippen LogP contribution in [0.15, 0.2) is 24.4 Å². The lowest BCUT2D eigenvalue weighted by Crippen LogP contribution is -2.29. The van der Waals surface area contributed by atoms with Crippen LogP contribution in [0.1, 0.15) is 44.7 Å². The van der Waals surface area contributed by atoms with Crippen molar-refractivity contribution in [3.63, 3.8) is 0 Å². The molecule has 0 aromatic carbocycles. The Morgan fingerprint density at radius 3 is 2.55 bits per heavy atom. The standard InChI is InChI=1S/C17H21N3O2/c1-11-15(13(3)21)12(2)19-16(11)17(22)20(4)10-8-14-7-5-6-9-18-14/h5-7,9,19H,8,10H2,1-4H3. The molecule has 0 unspecified atom stereocenters. The molecule has 0 saturated carbocycles. The Labute approximate surface area is 130 Å². The molecule has 1 N–H and O–H groups in total. The fourth-order valence-corrected chi connectivity index (χ4v) is 2.61. The summed E-state index contributed by atoms with van der Waals surface area (Å²) in [5, 5.41) is 0. The number of likely N-dealkylation sites (N-methyl/N-ethyl adjacent to an activating group) is 1. The Morgan fingerprint density at radius 2 is 2.00 bits per heavy atom. The van der Waals surface area contributed by atoms with Crippen LogP contribution in [0.4, 0.5) is 0 Å². The van der Waals surface area contributed by atoms with Gasteiger partial charge in [-0.15, -0.1) is 0 Å². The zero-order valence-electron chi connectivity index (χ0n) is 13.4. The average Bonchev–Trinajstić information content (AvgIpc) is 2.80.